The SMILES string of the molecule is CCCC(CCl)Cc1ccc(OC)cc1. The number of methoxy groups -OCH3 is 1. The van der Waals surface area contributed by atoms with Gasteiger partial charge >= 0.3 is 0 Å². The highest BCUT2D eigenvalue weighted by molar-refractivity contribution is 6.18. The third kappa shape index (κ3) is 4.13. The summed E-state index contributed by atoms with van der Waals surface area (Å²) in [6.07, 6.45) is 3.48. The van der Waals surface area contributed by atoms with E-state index in [2.05, 4.69) is 19.1 Å². The zero-order valence-corrected chi connectivity index (χ0v) is 10.3. The van der Waals surface area contributed by atoms with E-state index < -0.39 is 0 Å². The molecular formula is C13H19ClO. The van der Waals surface area contributed by atoms with Crippen molar-refractivity contribution in [2.24, 2.45) is 5.92 Å². The number of alkyl halides is 1. The zero-order valence-electron chi connectivity index (χ0n) is 9.50. The fourth-order valence-electron chi connectivity index (χ4n) is 1.74. The highest BCUT2D eigenvalue weighted by Crippen LogP contribution is 2.18. The van der Waals surface area contributed by atoms with Crippen molar-refractivity contribution < 1.29 is 4.74 Å². The maximum atomic E-state index is 5.93. The molecule has 0 heterocycles. The number of hydrogen-bond acceptors (Lipinski definition) is 1. The Balaban J connectivity index is 2.55. The highest BCUT2D eigenvalue weighted by atomic mass is 35.5. The zero-order chi connectivity index (χ0) is 11.1. The molecule has 15 heavy (non-hydrogen) atoms. The first-order valence-corrected chi connectivity index (χ1v) is 6.02. The van der Waals surface area contributed by atoms with Crippen molar-refractivity contribution >= 4 is 11.6 Å². The van der Waals surface area contributed by atoms with Crippen molar-refractivity contribution in [3.63, 3.8) is 0 Å². The van der Waals surface area contributed by atoms with Crippen LogP contribution in [0.2, 0.25) is 0 Å². The highest BCUT2D eigenvalue weighted by Gasteiger charge is 2.07. The normalized spacial score (nSPS) is 12.5. The van der Waals surface area contributed by atoms with Crippen molar-refractivity contribution in [3.05, 3.63) is 29.8 Å². The summed E-state index contributed by atoms with van der Waals surface area (Å²) < 4.78 is 5.12. The Morgan fingerprint density at radius 1 is 1.27 bits per heavy atom. The second kappa shape index (κ2) is 6.73. The molecule has 0 saturated heterocycles. The first kappa shape index (κ1) is 12.4. The van der Waals surface area contributed by atoms with Gasteiger partial charge in [-0.25, -0.2) is 0 Å². The summed E-state index contributed by atoms with van der Waals surface area (Å²) in [7, 11) is 1.69. The van der Waals surface area contributed by atoms with Gasteiger partial charge in [-0.05, 0) is 36.5 Å². The molecule has 0 aromatic heterocycles. The molecule has 0 radical (unpaired) electrons. The quantitative estimate of drug-likeness (QED) is 0.669. The molecule has 0 fully saturated rings. The minimum absolute atomic E-state index is 0.602. The molecule has 0 spiro atoms. The van der Waals surface area contributed by atoms with Gasteiger partial charge in [-0.2, -0.15) is 0 Å². The Morgan fingerprint density at radius 3 is 2.40 bits per heavy atom. The van der Waals surface area contributed by atoms with Gasteiger partial charge < -0.3 is 4.74 Å². The molecule has 0 aliphatic carbocycles. The molecule has 84 valence electrons. The lowest BCUT2D eigenvalue weighted by molar-refractivity contribution is 0.414. The van der Waals surface area contributed by atoms with E-state index in [9.17, 15) is 0 Å². The molecule has 1 unspecified atom stereocenters. The molecule has 1 atom stereocenters. The largest absolute Gasteiger partial charge is 0.497 e. The van der Waals surface area contributed by atoms with Crippen LogP contribution in [-0.2, 0) is 6.42 Å². The average Bonchev–Trinajstić information content (AvgIpc) is 2.29. The van der Waals surface area contributed by atoms with Crippen molar-refractivity contribution in [2.75, 3.05) is 13.0 Å². The van der Waals surface area contributed by atoms with E-state index in [4.69, 9.17) is 16.3 Å². The smallest absolute Gasteiger partial charge is 0.118 e. The predicted octanol–water partition coefficient (Wildman–Crippen LogP) is 3.89. The maximum absolute atomic E-state index is 5.93. The summed E-state index contributed by atoms with van der Waals surface area (Å²) in [5.41, 5.74) is 1.34. The number of rotatable bonds is 6. The first-order chi connectivity index (χ1) is 7.30. The van der Waals surface area contributed by atoms with Crippen molar-refractivity contribution in [1.82, 2.24) is 0 Å². The Labute approximate surface area is 97.4 Å². The number of ether oxygens (including phenoxy) is 1. The second-order valence-electron chi connectivity index (χ2n) is 3.86. The van der Waals surface area contributed by atoms with E-state index in [-0.39, 0.29) is 0 Å². The summed E-state index contributed by atoms with van der Waals surface area (Å²) in [6, 6.07) is 8.25. The van der Waals surface area contributed by atoms with Gasteiger partial charge in [0.05, 0.1) is 7.11 Å². The molecule has 1 rings (SSSR count). The van der Waals surface area contributed by atoms with E-state index in [1.807, 2.05) is 12.1 Å². The van der Waals surface area contributed by atoms with Gasteiger partial charge in [0.2, 0.25) is 0 Å². The van der Waals surface area contributed by atoms with Gasteiger partial charge in [-0.15, -0.1) is 11.6 Å². The van der Waals surface area contributed by atoms with E-state index in [0.717, 1.165) is 18.1 Å². The fraction of sp³-hybridized carbons (Fsp3) is 0.538. The monoisotopic (exact) mass is 226 g/mol. The third-order valence-corrected chi connectivity index (χ3v) is 3.04. The summed E-state index contributed by atoms with van der Waals surface area (Å²) in [5.74, 6) is 2.27. The van der Waals surface area contributed by atoms with Crippen LogP contribution in [0.15, 0.2) is 24.3 Å². The van der Waals surface area contributed by atoms with E-state index in [1.54, 1.807) is 7.11 Å². The Bertz CT molecular complexity index is 268. The molecule has 0 bridgehead atoms. The van der Waals surface area contributed by atoms with Crippen LogP contribution >= 0.6 is 11.6 Å². The van der Waals surface area contributed by atoms with Crippen LogP contribution in [0, 0.1) is 5.92 Å². The molecule has 0 aliphatic heterocycles. The summed E-state index contributed by atoms with van der Waals surface area (Å²) in [6.45, 7) is 2.20. The summed E-state index contributed by atoms with van der Waals surface area (Å²) in [4.78, 5) is 0. The molecule has 1 aromatic rings. The van der Waals surface area contributed by atoms with Crippen LogP contribution < -0.4 is 4.74 Å². The van der Waals surface area contributed by atoms with E-state index >= 15 is 0 Å². The lowest BCUT2D eigenvalue weighted by atomic mass is 9.97. The first-order valence-electron chi connectivity index (χ1n) is 5.49. The molecule has 2 heteroatoms. The Morgan fingerprint density at radius 2 is 1.93 bits per heavy atom. The topological polar surface area (TPSA) is 9.23 Å². The van der Waals surface area contributed by atoms with Gasteiger partial charge in [-0.3, -0.25) is 0 Å². The van der Waals surface area contributed by atoms with Gasteiger partial charge in [-0.1, -0.05) is 25.5 Å². The molecular weight excluding hydrogens is 208 g/mol. The van der Waals surface area contributed by atoms with Gasteiger partial charge in [0, 0.05) is 5.88 Å². The lowest BCUT2D eigenvalue weighted by Crippen LogP contribution is -2.05. The standard InChI is InChI=1S/C13H19ClO/c1-3-4-12(10-14)9-11-5-7-13(15-2)8-6-11/h5-8,12H,3-4,9-10H2,1-2H3. The van der Waals surface area contributed by atoms with Crippen LogP contribution in [0.1, 0.15) is 25.3 Å². The number of benzene rings is 1. The molecule has 0 saturated carbocycles. The van der Waals surface area contributed by atoms with Crippen molar-refractivity contribution in [1.29, 1.82) is 0 Å². The van der Waals surface area contributed by atoms with E-state index in [0.29, 0.717) is 5.92 Å². The lowest BCUT2D eigenvalue weighted by Gasteiger charge is -2.12. The number of halogens is 1. The van der Waals surface area contributed by atoms with Crippen LogP contribution in [-0.4, -0.2) is 13.0 Å². The van der Waals surface area contributed by atoms with Crippen molar-refractivity contribution in [3.8, 4) is 5.75 Å². The maximum Gasteiger partial charge on any atom is 0.118 e. The van der Waals surface area contributed by atoms with Crippen LogP contribution in [0.25, 0.3) is 0 Å². The average molecular weight is 227 g/mol. The van der Waals surface area contributed by atoms with Crippen LogP contribution in [0.3, 0.4) is 0 Å². The minimum Gasteiger partial charge on any atom is -0.497 e. The molecule has 0 N–H and O–H groups in total. The Kier molecular flexibility index (Phi) is 5.56. The van der Waals surface area contributed by atoms with Gasteiger partial charge in [0.15, 0.2) is 0 Å². The minimum atomic E-state index is 0.602. The van der Waals surface area contributed by atoms with Gasteiger partial charge in [0.25, 0.3) is 0 Å². The van der Waals surface area contributed by atoms with Crippen molar-refractivity contribution in [2.45, 2.75) is 26.2 Å². The van der Waals surface area contributed by atoms with Gasteiger partial charge in [0.1, 0.15) is 5.75 Å². The van der Waals surface area contributed by atoms with E-state index in [1.165, 1.54) is 18.4 Å². The third-order valence-electron chi connectivity index (χ3n) is 2.60. The Hall–Kier alpha value is -0.690. The summed E-state index contributed by atoms with van der Waals surface area (Å²) >= 11 is 5.93. The van der Waals surface area contributed by atoms with Crippen LogP contribution in [0.4, 0.5) is 0 Å². The molecule has 0 aliphatic rings. The molecule has 0 amide bonds. The summed E-state index contributed by atoms with van der Waals surface area (Å²) in [5, 5.41) is 0. The number of hydrogen-bond donors (Lipinski definition) is 0. The van der Waals surface area contributed by atoms with Crippen LogP contribution in [0.5, 0.6) is 5.75 Å². The second-order valence-corrected chi connectivity index (χ2v) is 4.17. The predicted molar refractivity (Wildman–Crippen MR) is 65.8 cm³/mol. The molecule has 1 aromatic carbocycles. The molecule has 1 nitrogen and oxygen atoms in total. The fourth-order valence-corrected chi connectivity index (χ4v) is 2.00.